The van der Waals surface area contributed by atoms with Crippen molar-refractivity contribution >= 4 is 16.9 Å². The summed E-state index contributed by atoms with van der Waals surface area (Å²) in [5.41, 5.74) is 2.58. The fourth-order valence-corrected chi connectivity index (χ4v) is 2.51. The Bertz CT molecular complexity index is 822. The van der Waals surface area contributed by atoms with Crippen molar-refractivity contribution in [1.29, 1.82) is 0 Å². The molecule has 2 aromatic heterocycles. The van der Waals surface area contributed by atoms with E-state index in [0.29, 0.717) is 28.3 Å². The molecule has 1 aromatic carbocycles. The molecule has 4 heteroatoms. The SMILES string of the molecule is CCC(C)c1ccc2nc(-c3ccco3)cc(C(=O)O)c2c1. The van der Waals surface area contributed by atoms with Crippen LogP contribution in [0.15, 0.2) is 47.1 Å². The molecule has 2 heterocycles. The van der Waals surface area contributed by atoms with Crippen LogP contribution in [0.1, 0.15) is 42.1 Å². The van der Waals surface area contributed by atoms with Gasteiger partial charge < -0.3 is 9.52 Å². The maximum Gasteiger partial charge on any atom is 0.336 e. The molecule has 0 radical (unpaired) electrons. The van der Waals surface area contributed by atoms with Crippen LogP contribution in [0.3, 0.4) is 0 Å². The molecule has 0 aliphatic carbocycles. The van der Waals surface area contributed by atoms with Crippen LogP contribution >= 0.6 is 0 Å². The average Bonchev–Trinajstić information content (AvgIpc) is 3.06. The van der Waals surface area contributed by atoms with Gasteiger partial charge in [0.15, 0.2) is 5.76 Å². The molecule has 22 heavy (non-hydrogen) atoms. The standard InChI is InChI=1S/C18H17NO3/c1-3-11(2)12-6-7-15-13(9-12)14(18(20)21)10-16(19-15)17-5-4-8-22-17/h4-11H,3H2,1-2H3,(H,20,21). The third kappa shape index (κ3) is 2.48. The zero-order chi connectivity index (χ0) is 15.7. The molecular weight excluding hydrogens is 278 g/mol. The number of pyridine rings is 1. The number of aromatic nitrogens is 1. The second-order valence-corrected chi connectivity index (χ2v) is 5.42. The molecule has 4 nitrogen and oxygen atoms in total. The van der Waals surface area contributed by atoms with E-state index in [4.69, 9.17) is 4.42 Å². The minimum absolute atomic E-state index is 0.251. The lowest BCUT2D eigenvalue weighted by Gasteiger charge is -2.11. The Balaban J connectivity index is 2.24. The summed E-state index contributed by atoms with van der Waals surface area (Å²) in [6.45, 7) is 4.25. The molecule has 0 saturated carbocycles. The quantitative estimate of drug-likeness (QED) is 0.757. The van der Waals surface area contributed by atoms with E-state index in [1.54, 1.807) is 24.5 Å². The zero-order valence-electron chi connectivity index (χ0n) is 12.5. The number of carboxylic acids is 1. The number of hydrogen-bond acceptors (Lipinski definition) is 3. The monoisotopic (exact) mass is 295 g/mol. The van der Waals surface area contributed by atoms with Crippen molar-refractivity contribution in [2.24, 2.45) is 0 Å². The number of fused-ring (bicyclic) bond motifs is 1. The van der Waals surface area contributed by atoms with Gasteiger partial charge in [0.25, 0.3) is 0 Å². The number of furan rings is 1. The van der Waals surface area contributed by atoms with E-state index < -0.39 is 5.97 Å². The molecule has 1 atom stereocenters. The van der Waals surface area contributed by atoms with E-state index in [1.165, 1.54) is 0 Å². The van der Waals surface area contributed by atoms with Gasteiger partial charge in [-0.1, -0.05) is 19.9 Å². The fourth-order valence-electron chi connectivity index (χ4n) is 2.51. The normalized spacial score (nSPS) is 12.5. The molecule has 3 aromatic rings. The Hall–Kier alpha value is -2.62. The van der Waals surface area contributed by atoms with Crippen LogP contribution in [-0.2, 0) is 0 Å². The Labute approximate surface area is 128 Å². The highest BCUT2D eigenvalue weighted by Gasteiger charge is 2.15. The maximum absolute atomic E-state index is 11.6. The highest BCUT2D eigenvalue weighted by Crippen LogP contribution is 2.28. The molecule has 0 aliphatic heterocycles. The first-order chi connectivity index (χ1) is 10.6. The molecular formula is C18H17NO3. The van der Waals surface area contributed by atoms with Crippen LogP contribution in [0.4, 0.5) is 0 Å². The lowest BCUT2D eigenvalue weighted by atomic mass is 9.95. The van der Waals surface area contributed by atoms with Gasteiger partial charge in [-0.25, -0.2) is 9.78 Å². The topological polar surface area (TPSA) is 63.3 Å². The van der Waals surface area contributed by atoms with Gasteiger partial charge >= 0.3 is 5.97 Å². The van der Waals surface area contributed by atoms with Crippen LogP contribution in [-0.4, -0.2) is 16.1 Å². The van der Waals surface area contributed by atoms with Gasteiger partial charge in [-0.15, -0.1) is 0 Å². The number of nitrogens with zero attached hydrogens (tertiary/aromatic N) is 1. The van der Waals surface area contributed by atoms with Crippen LogP contribution in [0, 0.1) is 0 Å². The zero-order valence-corrected chi connectivity index (χ0v) is 12.5. The summed E-state index contributed by atoms with van der Waals surface area (Å²) >= 11 is 0. The second-order valence-electron chi connectivity index (χ2n) is 5.42. The van der Waals surface area contributed by atoms with Crippen molar-refractivity contribution in [3.8, 4) is 11.5 Å². The van der Waals surface area contributed by atoms with Gasteiger partial charge in [0, 0.05) is 5.39 Å². The third-order valence-electron chi connectivity index (χ3n) is 4.02. The van der Waals surface area contributed by atoms with Gasteiger partial charge in [0.05, 0.1) is 17.3 Å². The number of carbonyl (C=O) groups is 1. The molecule has 0 spiro atoms. The highest BCUT2D eigenvalue weighted by atomic mass is 16.4. The Morgan fingerprint density at radius 2 is 2.14 bits per heavy atom. The van der Waals surface area contributed by atoms with E-state index in [2.05, 4.69) is 18.8 Å². The Morgan fingerprint density at radius 1 is 1.32 bits per heavy atom. The van der Waals surface area contributed by atoms with Crippen LogP contribution < -0.4 is 0 Å². The van der Waals surface area contributed by atoms with Crippen molar-refractivity contribution in [3.63, 3.8) is 0 Å². The van der Waals surface area contributed by atoms with Crippen LogP contribution in [0.25, 0.3) is 22.4 Å². The molecule has 0 fully saturated rings. The third-order valence-corrected chi connectivity index (χ3v) is 4.02. The van der Waals surface area contributed by atoms with Gasteiger partial charge in [-0.05, 0) is 48.2 Å². The summed E-state index contributed by atoms with van der Waals surface area (Å²) < 4.78 is 5.33. The summed E-state index contributed by atoms with van der Waals surface area (Å²) in [6, 6.07) is 10.9. The molecule has 1 N–H and O–H groups in total. The molecule has 3 rings (SSSR count). The van der Waals surface area contributed by atoms with E-state index in [-0.39, 0.29) is 5.56 Å². The van der Waals surface area contributed by atoms with Crippen molar-refractivity contribution in [2.75, 3.05) is 0 Å². The van der Waals surface area contributed by atoms with E-state index in [9.17, 15) is 9.90 Å². The largest absolute Gasteiger partial charge is 0.478 e. The maximum atomic E-state index is 11.6. The molecule has 112 valence electrons. The minimum atomic E-state index is -0.957. The smallest absolute Gasteiger partial charge is 0.336 e. The predicted octanol–water partition coefficient (Wildman–Crippen LogP) is 4.71. The molecule has 0 bridgehead atoms. The Kier molecular flexibility index (Phi) is 3.67. The molecule has 0 amide bonds. The highest BCUT2D eigenvalue weighted by molar-refractivity contribution is 6.03. The lowest BCUT2D eigenvalue weighted by molar-refractivity contribution is 0.0699. The number of aromatic carboxylic acids is 1. The van der Waals surface area contributed by atoms with Gasteiger partial charge in [-0.3, -0.25) is 0 Å². The average molecular weight is 295 g/mol. The summed E-state index contributed by atoms with van der Waals surface area (Å²) in [7, 11) is 0. The molecule has 1 unspecified atom stereocenters. The van der Waals surface area contributed by atoms with Crippen molar-refractivity contribution in [3.05, 3.63) is 53.8 Å². The number of rotatable bonds is 4. The fraction of sp³-hybridized carbons (Fsp3) is 0.222. The first-order valence-corrected chi connectivity index (χ1v) is 7.32. The molecule has 0 saturated heterocycles. The van der Waals surface area contributed by atoms with Crippen molar-refractivity contribution in [2.45, 2.75) is 26.2 Å². The van der Waals surface area contributed by atoms with Crippen LogP contribution in [0.5, 0.6) is 0 Å². The van der Waals surface area contributed by atoms with Gasteiger partial charge in [0.2, 0.25) is 0 Å². The lowest BCUT2D eigenvalue weighted by Crippen LogP contribution is -2.01. The second kappa shape index (κ2) is 5.64. The molecule has 0 aliphatic rings. The summed E-state index contributed by atoms with van der Waals surface area (Å²) in [4.78, 5) is 16.2. The minimum Gasteiger partial charge on any atom is -0.478 e. The number of benzene rings is 1. The van der Waals surface area contributed by atoms with E-state index in [0.717, 1.165) is 12.0 Å². The van der Waals surface area contributed by atoms with Crippen LogP contribution in [0.2, 0.25) is 0 Å². The predicted molar refractivity (Wildman–Crippen MR) is 85.1 cm³/mol. The van der Waals surface area contributed by atoms with Crippen molar-refractivity contribution in [1.82, 2.24) is 4.98 Å². The van der Waals surface area contributed by atoms with E-state index >= 15 is 0 Å². The summed E-state index contributed by atoms with van der Waals surface area (Å²) in [5.74, 6) is -0.00675. The number of carboxylic acid groups (broad SMARTS) is 1. The van der Waals surface area contributed by atoms with Gasteiger partial charge in [0.1, 0.15) is 5.69 Å². The Morgan fingerprint density at radius 3 is 2.77 bits per heavy atom. The summed E-state index contributed by atoms with van der Waals surface area (Å²) in [5, 5.41) is 10.2. The van der Waals surface area contributed by atoms with E-state index in [1.807, 2.05) is 18.2 Å². The first-order valence-electron chi connectivity index (χ1n) is 7.32. The summed E-state index contributed by atoms with van der Waals surface area (Å²) in [6.07, 6.45) is 2.56. The first kappa shape index (κ1) is 14.3. The number of hydrogen-bond donors (Lipinski definition) is 1. The van der Waals surface area contributed by atoms with Gasteiger partial charge in [-0.2, -0.15) is 0 Å². The van der Waals surface area contributed by atoms with Crippen molar-refractivity contribution < 1.29 is 14.3 Å².